The lowest BCUT2D eigenvalue weighted by molar-refractivity contribution is -0.139. The van der Waals surface area contributed by atoms with Gasteiger partial charge in [0.1, 0.15) is 11.8 Å². The van der Waals surface area contributed by atoms with Gasteiger partial charge >= 0.3 is 5.97 Å². The van der Waals surface area contributed by atoms with Crippen LogP contribution < -0.4 is 10.1 Å². The van der Waals surface area contributed by atoms with Gasteiger partial charge in [-0.2, -0.15) is 0 Å². The first kappa shape index (κ1) is 33.8. The highest BCUT2D eigenvalue weighted by atomic mass is 35.5. The summed E-state index contributed by atoms with van der Waals surface area (Å²) in [4.78, 5) is 10.1. The summed E-state index contributed by atoms with van der Waals surface area (Å²) in [5.41, 5.74) is 3.13. The number of carboxylic acid groups (broad SMARTS) is 1. The van der Waals surface area contributed by atoms with Crippen LogP contribution in [0.4, 0.5) is 0 Å². The molecule has 4 atom stereocenters. The summed E-state index contributed by atoms with van der Waals surface area (Å²) in [6.45, 7) is 7.39. The molecule has 5 N–H and O–H groups in total. The number of halogens is 1. The monoisotopic (exact) mass is 553 g/mol. The van der Waals surface area contributed by atoms with Crippen molar-refractivity contribution in [2.45, 2.75) is 77.2 Å². The number of carbonyl (C=O) groups is 1. The van der Waals surface area contributed by atoms with Gasteiger partial charge in [0.2, 0.25) is 0 Å². The van der Waals surface area contributed by atoms with Crippen LogP contribution in [0.5, 0.6) is 5.75 Å². The molecule has 0 unspecified atom stereocenters. The number of nitrogens with one attached hydrogen (secondary N) is 1. The van der Waals surface area contributed by atoms with E-state index in [9.17, 15) is 15.0 Å². The van der Waals surface area contributed by atoms with Crippen LogP contribution >= 0.6 is 11.6 Å². The minimum atomic E-state index is -0.720. The summed E-state index contributed by atoms with van der Waals surface area (Å²) in [6, 6.07) is 13.6. The Balaban J connectivity index is 0.000000505. The predicted molar refractivity (Wildman–Crippen MR) is 150 cm³/mol. The number of aliphatic carboxylic acids is 1. The summed E-state index contributed by atoms with van der Waals surface area (Å²) in [7, 11) is 1.00. The molecule has 2 fully saturated rings. The second-order valence-electron chi connectivity index (χ2n) is 8.65. The lowest BCUT2D eigenvalue weighted by Crippen LogP contribution is -2.33. The highest BCUT2D eigenvalue weighted by Crippen LogP contribution is 2.33. The van der Waals surface area contributed by atoms with E-state index in [2.05, 4.69) is 5.32 Å². The van der Waals surface area contributed by atoms with Crippen LogP contribution in [0.25, 0.3) is 0 Å². The summed E-state index contributed by atoms with van der Waals surface area (Å²) < 4.78 is 11.4. The second kappa shape index (κ2) is 19.0. The van der Waals surface area contributed by atoms with Gasteiger partial charge in [-0.1, -0.05) is 49.7 Å². The van der Waals surface area contributed by atoms with E-state index in [0.29, 0.717) is 30.9 Å². The minimum absolute atomic E-state index is 0.0831. The topological polar surface area (TPSA) is 128 Å². The van der Waals surface area contributed by atoms with E-state index in [1.165, 1.54) is 0 Å². The maximum absolute atomic E-state index is 10.1. The van der Waals surface area contributed by atoms with E-state index in [0.717, 1.165) is 48.9 Å². The molecule has 2 heterocycles. The molecule has 0 amide bonds. The first-order chi connectivity index (χ1) is 18.4. The Labute approximate surface area is 231 Å². The van der Waals surface area contributed by atoms with Crippen molar-refractivity contribution in [3.8, 4) is 5.75 Å². The van der Waals surface area contributed by atoms with E-state index in [1.807, 2.05) is 63.2 Å². The Morgan fingerprint density at radius 3 is 2.34 bits per heavy atom. The van der Waals surface area contributed by atoms with E-state index >= 15 is 0 Å². The quantitative estimate of drug-likeness (QED) is 0.342. The van der Waals surface area contributed by atoms with Crippen molar-refractivity contribution in [3.63, 3.8) is 0 Å². The van der Waals surface area contributed by atoms with Gasteiger partial charge in [0, 0.05) is 25.0 Å². The first-order valence-corrected chi connectivity index (χ1v) is 13.6. The zero-order valence-electron chi connectivity index (χ0n) is 22.9. The number of hydrogen-bond acceptors (Lipinski definition) is 7. The molecule has 4 rings (SSSR count). The SMILES string of the molecule is CC.CCOc1ccc(Cc2cc([C@H]3C[C@@H](O)C[C@@H](CO)O3)ccc2Cl)cc1.CO.O=C(O)[C@@H]1CCCN1. The van der Waals surface area contributed by atoms with Crippen LogP contribution in [-0.2, 0) is 16.0 Å². The summed E-state index contributed by atoms with van der Waals surface area (Å²) in [5, 5.41) is 38.3. The van der Waals surface area contributed by atoms with Crippen molar-refractivity contribution < 1.29 is 34.7 Å². The van der Waals surface area contributed by atoms with Crippen molar-refractivity contribution in [1.29, 1.82) is 0 Å². The lowest BCUT2D eigenvalue weighted by Gasteiger charge is -2.32. The fraction of sp³-hybridized carbons (Fsp3) is 0.552. The third-order valence-electron chi connectivity index (χ3n) is 6.01. The Hall–Kier alpha value is -2.20. The van der Waals surface area contributed by atoms with Crippen LogP contribution in [0.3, 0.4) is 0 Å². The molecule has 2 saturated heterocycles. The van der Waals surface area contributed by atoms with Crippen molar-refractivity contribution in [2.24, 2.45) is 0 Å². The third kappa shape index (κ3) is 11.3. The molecule has 2 aromatic rings. The second-order valence-corrected chi connectivity index (χ2v) is 9.05. The van der Waals surface area contributed by atoms with Gasteiger partial charge in [-0.15, -0.1) is 0 Å². The standard InChI is InChI=1S/C21H25ClO4.C5H9NO2.C2H6.CH4O/c1-2-25-18-6-3-14(4-7-18)9-16-10-15(5-8-20(16)22)21-12-17(24)11-19(13-23)26-21;7-5(8)4-2-1-3-6-4;2*1-2/h3-8,10,17,19,21,23-24H,2,9,11-13H2,1H3;4,6H,1-3H2,(H,7,8);1-2H3;2H,1H3/t17-,19-,21+;4-;;/m00../s1. The van der Waals surface area contributed by atoms with Gasteiger partial charge in [0.05, 0.1) is 31.5 Å². The molecule has 9 heteroatoms. The maximum atomic E-state index is 10.1. The number of carboxylic acids is 1. The molecule has 0 saturated carbocycles. The zero-order chi connectivity index (χ0) is 28.5. The van der Waals surface area contributed by atoms with E-state index in [1.54, 1.807) is 0 Å². The Bertz CT molecular complexity index is 920. The van der Waals surface area contributed by atoms with E-state index in [4.69, 9.17) is 31.3 Å². The number of hydrogen-bond donors (Lipinski definition) is 5. The molecule has 0 aliphatic carbocycles. The highest BCUT2D eigenvalue weighted by Gasteiger charge is 2.29. The van der Waals surface area contributed by atoms with Gasteiger partial charge in [0.25, 0.3) is 0 Å². The van der Waals surface area contributed by atoms with Crippen molar-refractivity contribution >= 4 is 17.6 Å². The average molecular weight is 554 g/mol. The molecule has 0 bridgehead atoms. The first-order valence-electron chi connectivity index (χ1n) is 13.2. The van der Waals surface area contributed by atoms with Gasteiger partial charge in [-0.25, -0.2) is 0 Å². The maximum Gasteiger partial charge on any atom is 0.320 e. The smallest absolute Gasteiger partial charge is 0.320 e. The van der Waals surface area contributed by atoms with Gasteiger partial charge in [-0.3, -0.25) is 4.79 Å². The predicted octanol–water partition coefficient (Wildman–Crippen LogP) is 4.36. The van der Waals surface area contributed by atoms with Crippen LogP contribution in [0, 0.1) is 0 Å². The molecule has 2 aliphatic heterocycles. The molecule has 2 aromatic carbocycles. The molecule has 0 radical (unpaired) electrons. The minimum Gasteiger partial charge on any atom is -0.494 e. The molecular formula is C29H44ClNO7. The van der Waals surface area contributed by atoms with Crippen molar-refractivity contribution in [3.05, 3.63) is 64.2 Å². The fourth-order valence-corrected chi connectivity index (χ4v) is 4.42. The Kier molecular flexibility index (Phi) is 16.9. The highest BCUT2D eigenvalue weighted by molar-refractivity contribution is 6.31. The molecule has 38 heavy (non-hydrogen) atoms. The van der Waals surface area contributed by atoms with E-state index in [-0.39, 0.29) is 24.9 Å². The Morgan fingerprint density at radius 1 is 1.13 bits per heavy atom. The summed E-state index contributed by atoms with van der Waals surface area (Å²) in [6.07, 6.45) is 2.47. The van der Waals surface area contributed by atoms with Crippen molar-refractivity contribution in [1.82, 2.24) is 5.32 Å². The van der Waals surface area contributed by atoms with Crippen molar-refractivity contribution in [2.75, 3.05) is 26.9 Å². The van der Waals surface area contributed by atoms with E-state index < -0.39 is 12.1 Å². The van der Waals surface area contributed by atoms with Crippen LogP contribution in [0.15, 0.2) is 42.5 Å². The zero-order valence-corrected chi connectivity index (χ0v) is 23.7. The Morgan fingerprint density at radius 2 is 1.82 bits per heavy atom. The third-order valence-corrected chi connectivity index (χ3v) is 6.38. The lowest BCUT2D eigenvalue weighted by atomic mass is 9.94. The van der Waals surface area contributed by atoms with Crippen LogP contribution in [0.1, 0.15) is 69.2 Å². The largest absolute Gasteiger partial charge is 0.494 e. The number of aliphatic hydroxyl groups is 3. The molecule has 214 valence electrons. The van der Waals surface area contributed by atoms with Gasteiger partial charge in [0.15, 0.2) is 0 Å². The molecule has 8 nitrogen and oxygen atoms in total. The molecule has 2 aliphatic rings. The number of ether oxygens (including phenoxy) is 2. The molecule has 0 spiro atoms. The molecular weight excluding hydrogens is 510 g/mol. The molecule has 0 aromatic heterocycles. The number of benzene rings is 2. The summed E-state index contributed by atoms with van der Waals surface area (Å²) >= 11 is 6.40. The van der Waals surface area contributed by atoms with Crippen LogP contribution in [0.2, 0.25) is 5.02 Å². The van der Waals surface area contributed by atoms with Crippen LogP contribution in [-0.4, -0.2) is 71.5 Å². The van der Waals surface area contributed by atoms with Gasteiger partial charge in [-0.05, 0) is 67.6 Å². The van der Waals surface area contributed by atoms with Gasteiger partial charge < -0.3 is 35.2 Å². The average Bonchev–Trinajstić information content (AvgIpc) is 3.49. The fourth-order valence-electron chi connectivity index (χ4n) is 4.24. The number of rotatable bonds is 7. The summed E-state index contributed by atoms with van der Waals surface area (Å²) in [5.74, 6) is 0.137. The number of aliphatic hydroxyl groups excluding tert-OH is 3. The normalized spacial score (nSPS) is 22.0.